The van der Waals surface area contributed by atoms with E-state index in [-0.39, 0.29) is 0 Å². The van der Waals surface area contributed by atoms with Gasteiger partial charge in [-0.1, -0.05) is 0 Å². The van der Waals surface area contributed by atoms with Gasteiger partial charge in [-0.25, -0.2) is 0 Å². The molecule has 0 aliphatic carbocycles. The first-order valence-electron chi connectivity index (χ1n) is 5.20. The molecular formula is C9H22N2OSi. The van der Waals surface area contributed by atoms with E-state index >= 15 is 0 Å². The molecule has 0 aromatic rings. The van der Waals surface area contributed by atoms with Crippen molar-refractivity contribution in [2.75, 3.05) is 32.8 Å². The van der Waals surface area contributed by atoms with Crippen LogP contribution in [0.4, 0.5) is 0 Å². The Bertz CT molecular complexity index is 147. The van der Waals surface area contributed by atoms with E-state index in [1.807, 2.05) is 0 Å². The summed E-state index contributed by atoms with van der Waals surface area (Å²) >= 11 is 0. The van der Waals surface area contributed by atoms with E-state index in [0.29, 0.717) is 5.16 Å². The molecule has 3 nitrogen and oxygen atoms in total. The molecule has 0 aromatic carbocycles. The fourth-order valence-electron chi connectivity index (χ4n) is 1.71. The Balaban J connectivity index is 2.36. The number of hydrogen-bond donors (Lipinski definition) is 1. The predicted octanol–water partition coefficient (Wildman–Crippen LogP) is -0.252. The van der Waals surface area contributed by atoms with Crippen LogP contribution in [0.5, 0.6) is 0 Å². The van der Waals surface area contributed by atoms with E-state index in [0.717, 1.165) is 19.7 Å². The van der Waals surface area contributed by atoms with E-state index in [1.165, 1.54) is 13.1 Å². The molecule has 0 radical (unpaired) electrons. The van der Waals surface area contributed by atoms with Gasteiger partial charge in [-0.15, -0.1) is 0 Å². The third kappa shape index (κ3) is 3.38. The zero-order chi connectivity index (χ0) is 9.73. The lowest BCUT2D eigenvalue weighted by Gasteiger charge is -2.40. The molecule has 4 heteroatoms. The minimum Gasteiger partial charge on any atom is -0.422 e. The van der Waals surface area contributed by atoms with E-state index in [9.17, 15) is 0 Å². The SMILES string of the molecule is CCO[SiH2]C(C)(C)N1CCNCC1. The number of nitrogens with one attached hydrogen (secondary N) is 1. The monoisotopic (exact) mass is 202 g/mol. The van der Waals surface area contributed by atoms with Gasteiger partial charge < -0.3 is 9.74 Å². The van der Waals surface area contributed by atoms with Crippen LogP contribution in [0.1, 0.15) is 20.8 Å². The number of piperazine rings is 1. The second-order valence-corrected chi connectivity index (χ2v) is 6.61. The number of rotatable bonds is 4. The van der Waals surface area contributed by atoms with Gasteiger partial charge >= 0.3 is 0 Å². The molecule has 1 fully saturated rings. The zero-order valence-electron chi connectivity index (χ0n) is 9.10. The lowest BCUT2D eigenvalue weighted by atomic mass is 10.2. The summed E-state index contributed by atoms with van der Waals surface area (Å²) in [6.45, 7) is 12.2. The molecule has 0 unspecified atom stereocenters. The maximum atomic E-state index is 5.63. The molecule has 13 heavy (non-hydrogen) atoms. The van der Waals surface area contributed by atoms with Crippen molar-refractivity contribution >= 4 is 9.76 Å². The van der Waals surface area contributed by atoms with Crippen LogP contribution in [0.3, 0.4) is 0 Å². The maximum Gasteiger partial charge on any atom is 0.180 e. The Morgan fingerprint density at radius 2 is 2.00 bits per heavy atom. The molecule has 0 atom stereocenters. The molecule has 0 spiro atoms. The van der Waals surface area contributed by atoms with Crippen molar-refractivity contribution in [1.29, 1.82) is 0 Å². The normalized spacial score (nSPS) is 21.5. The molecule has 78 valence electrons. The van der Waals surface area contributed by atoms with Gasteiger partial charge in [0, 0.05) is 37.9 Å². The number of nitrogens with zero attached hydrogens (tertiary/aromatic N) is 1. The average Bonchev–Trinajstić information content (AvgIpc) is 2.16. The molecule has 0 bridgehead atoms. The van der Waals surface area contributed by atoms with Gasteiger partial charge in [0.25, 0.3) is 0 Å². The molecule has 1 rings (SSSR count). The molecule has 1 N–H and O–H groups in total. The van der Waals surface area contributed by atoms with Gasteiger partial charge in [0.05, 0.1) is 0 Å². The smallest absolute Gasteiger partial charge is 0.180 e. The van der Waals surface area contributed by atoms with Crippen LogP contribution in [0.15, 0.2) is 0 Å². The topological polar surface area (TPSA) is 24.5 Å². The minimum absolute atomic E-state index is 0.331. The largest absolute Gasteiger partial charge is 0.422 e. The average molecular weight is 202 g/mol. The molecule has 1 heterocycles. The minimum atomic E-state index is -0.407. The van der Waals surface area contributed by atoms with Gasteiger partial charge in [0.1, 0.15) is 0 Å². The predicted molar refractivity (Wildman–Crippen MR) is 58.7 cm³/mol. The summed E-state index contributed by atoms with van der Waals surface area (Å²) in [5.41, 5.74) is 0. The lowest BCUT2D eigenvalue weighted by molar-refractivity contribution is 0.147. The van der Waals surface area contributed by atoms with Crippen molar-refractivity contribution < 1.29 is 4.43 Å². The van der Waals surface area contributed by atoms with Crippen LogP contribution in [0.2, 0.25) is 0 Å². The van der Waals surface area contributed by atoms with Crippen LogP contribution < -0.4 is 5.32 Å². The summed E-state index contributed by atoms with van der Waals surface area (Å²) in [7, 11) is -0.407. The first kappa shape index (κ1) is 11.2. The summed E-state index contributed by atoms with van der Waals surface area (Å²) in [6, 6.07) is 0. The van der Waals surface area contributed by atoms with Crippen molar-refractivity contribution in [2.24, 2.45) is 0 Å². The highest BCUT2D eigenvalue weighted by atomic mass is 28.2. The van der Waals surface area contributed by atoms with Crippen molar-refractivity contribution in [3.05, 3.63) is 0 Å². The summed E-state index contributed by atoms with van der Waals surface area (Å²) in [5, 5.41) is 3.71. The quantitative estimate of drug-likeness (QED) is 0.636. The Morgan fingerprint density at radius 1 is 1.38 bits per heavy atom. The zero-order valence-corrected chi connectivity index (χ0v) is 10.5. The molecular weight excluding hydrogens is 180 g/mol. The fourth-order valence-corrected chi connectivity index (χ4v) is 2.92. The second-order valence-electron chi connectivity index (χ2n) is 4.19. The van der Waals surface area contributed by atoms with E-state index in [1.54, 1.807) is 0 Å². The van der Waals surface area contributed by atoms with Gasteiger partial charge in [-0.3, -0.25) is 4.90 Å². The lowest BCUT2D eigenvalue weighted by Crippen LogP contribution is -2.56. The molecule has 0 amide bonds. The highest BCUT2D eigenvalue weighted by molar-refractivity contribution is 6.32. The van der Waals surface area contributed by atoms with Crippen LogP contribution in [-0.2, 0) is 4.43 Å². The Labute approximate surface area is 83.8 Å². The molecule has 0 aromatic heterocycles. The van der Waals surface area contributed by atoms with Gasteiger partial charge in [-0.2, -0.15) is 0 Å². The van der Waals surface area contributed by atoms with E-state index in [2.05, 4.69) is 31.0 Å². The first-order valence-corrected chi connectivity index (χ1v) is 6.49. The van der Waals surface area contributed by atoms with Gasteiger partial charge in [0.15, 0.2) is 9.76 Å². The Hall–Kier alpha value is 0.0969. The van der Waals surface area contributed by atoms with E-state index in [4.69, 9.17) is 4.43 Å². The molecule has 1 aliphatic rings. The standard InChI is InChI=1S/C9H22N2OSi/c1-4-12-13-9(2,3)11-7-5-10-6-8-11/h10H,4-8,13H2,1-3H3. The summed E-state index contributed by atoms with van der Waals surface area (Å²) < 4.78 is 5.63. The Kier molecular flexibility index (Phi) is 4.38. The van der Waals surface area contributed by atoms with Crippen molar-refractivity contribution in [3.8, 4) is 0 Å². The van der Waals surface area contributed by atoms with Gasteiger partial charge in [-0.05, 0) is 20.8 Å². The number of hydrogen-bond acceptors (Lipinski definition) is 3. The summed E-state index contributed by atoms with van der Waals surface area (Å²) in [5.74, 6) is 0. The maximum absolute atomic E-state index is 5.63. The Morgan fingerprint density at radius 3 is 2.54 bits per heavy atom. The van der Waals surface area contributed by atoms with Crippen molar-refractivity contribution in [2.45, 2.75) is 25.9 Å². The fraction of sp³-hybridized carbons (Fsp3) is 1.00. The van der Waals surface area contributed by atoms with Crippen LogP contribution >= 0.6 is 0 Å². The molecule has 1 aliphatic heterocycles. The van der Waals surface area contributed by atoms with Crippen molar-refractivity contribution in [1.82, 2.24) is 10.2 Å². The highest BCUT2D eigenvalue weighted by Crippen LogP contribution is 2.13. The molecule has 0 saturated carbocycles. The summed E-state index contributed by atoms with van der Waals surface area (Å²) in [4.78, 5) is 2.56. The first-order chi connectivity index (χ1) is 6.17. The van der Waals surface area contributed by atoms with Crippen molar-refractivity contribution in [3.63, 3.8) is 0 Å². The second kappa shape index (κ2) is 5.10. The van der Waals surface area contributed by atoms with Gasteiger partial charge in [0.2, 0.25) is 0 Å². The highest BCUT2D eigenvalue weighted by Gasteiger charge is 2.28. The van der Waals surface area contributed by atoms with Crippen LogP contribution in [0.25, 0.3) is 0 Å². The molecule has 1 saturated heterocycles. The van der Waals surface area contributed by atoms with E-state index < -0.39 is 9.76 Å². The van der Waals surface area contributed by atoms with Crippen LogP contribution in [-0.4, -0.2) is 52.6 Å². The third-order valence-electron chi connectivity index (χ3n) is 2.63. The van der Waals surface area contributed by atoms with Crippen LogP contribution in [0, 0.1) is 0 Å². The summed E-state index contributed by atoms with van der Waals surface area (Å²) in [6.07, 6.45) is 0. The third-order valence-corrected chi connectivity index (χ3v) is 4.40.